The van der Waals surface area contributed by atoms with E-state index in [1.165, 1.54) is 9.13 Å². The minimum atomic E-state index is -0.739. The van der Waals surface area contributed by atoms with E-state index in [2.05, 4.69) is 5.32 Å². The van der Waals surface area contributed by atoms with Crippen LogP contribution in [-0.4, -0.2) is 28.8 Å². The average Bonchev–Trinajstić information content (AvgIpc) is 2.63. The van der Waals surface area contributed by atoms with Gasteiger partial charge >= 0.3 is 5.69 Å². The van der Waals surface area contributed by atoms with Crippen LogP contribution in [0.3, 0.4) is 0 Å². The molecule has 0 saturated carbocycles. The standard InChI is InChI=1S/C13H11BClN3O3/c1-17-11-7(14)4-6(15)5-9(11)18(13(17)21)8-2-3-10(19)16-12(8)20/h4-5,8H,2-3H2,1H3,(H,16,19,20). The summed E-state index contributed by atoms with van der Waals surface area (Å²) in [7, 11) is 7.49. The van der Waals surface area contributed by atoms with Crippen LogP contribution >= 0.6 is 11.6 Å². The number of imidazole rings is 1. The highest BCUT2D eigenvalue weighted by atomic mass is 35.5. The quantitative estimate of drug-likeness (QED) is 0.584. The number of imide groups is 1. The first-order chi connectivity index (χ1) is 9.90. The van der Waals surface area contributed by atoms with Gasteiger partial charge in [0.1, 0.15) is 13.9 Å². The Morgan fingerprint density at radius 2 is 2.05 bits per heavy atom. The van der Waals surface area contributed by atoms with Crippen LogP contribution in [0.2, 0.25) is 5.02 Å². The Balaban J connectivity index is 2.28. The van der Waals surface area contributed by atoms with E-state index in [-0.39, 0.29) is 24.4 Å². The average molecular weight is 304 g/mol. The number of aromatic nitrogens is 2. The van der Waals surface area contributed by atoms with Crippen LogP contribution in [0.25, 0.3) is 11.0 Å². The van der Waals surface area contributed by atoms with Crippen LogP contribution in [-0.2, 0) is 16.6 Å². The molecule has 1 fully saturated rings. The molecule has 2 radical (unpaired) electrons. The van der Waals surface area contributed by atoms with Gasteiger partial charge in [-0.3, -0.25) is 24.0 Å². The number of hydrogen-bond acceptors (Lipinski definition) is 3. The molecule has 1 N–H and O–H groups in total. The van der Waals surface area contributed by atoms with Crippen LogP contribution in [0, 0.1) is 0 Å². The van der Waals surface area contributed by atoms with Crippen LogP contribution in [0.4, 0.5) is 0 Å². The van der Waals surface area contributed by atoms with Crippen molar-refractivity contribution in [1.29, 1.82) is 0 Å². The Bertz CT molecular complexity index is 839. The maximum atomic E-state index is 12.4. The fourth-order valence-corrected chi connectivity index (χ4v) is 2.97. The SMILES string of the molecule is [B]c1cc(Cl)cc2c1n(C)c(=O)n2C1CCC(=O)NC1=O. The molecule has 21 heavy (non-hydrogen) atoms. The highest BCUT2D eigenvalue weighted by molar-refractivity contribution is 6.41. The lowest BCUT2D eigenvalue weighted by Gasteiger charge is -2.22. The summed E-state index contributed by atoms with van der Waals surface area (Å²) in [5, 5.41) is 2.63. The van der Waals surface area contributed by atoms with Crippen LogP contribution in [0.5, 0.6) is 0 Å². The summed E-state index contributed by atoms with van der Waals surface area (Å²) in [5.41, 5.74) is 1.01. The van der Waals surface area contributed by atoms with Gasteiger partial charge < -0.3 is 0 Å². The molecule has 3 rings (SSSR count). The number of benzene rings is 1. The number of nitrogens with zero attached hydrogens (tertiary/aromatic N) is 2. The van der Waals surface area contributed by atoms with Gasteiger partial charge in [-0.1, -0.05) is 17.1 Å². The van der Waals surface area contributed by atoms with Crippen molar-refractivity contribution in [1.82, 2.24) is 14.5 Å². The van der Waals surface area contributed by atoms with Crippen LogP contribution in [0.15, 0.2) is 16.9 Å². The Hall–Kier alpha value is -2.02. The van der Waals surface area contributed by atoms with E-state index in [4.69, 9.17) is 19.4 Å². The van der Waals surface area contributed by atoms with Gasteiger partial charge in [0.25, 0.3) is 0 Å². The number of nitrogens with one attached hydrogen (secondary N) is 1. The number of rotatable bonds is 1. The topological polar surface area (TPSA) is 73.1 Å². The molecular weight excluding hydrogens is 292 g/mol. The van der Waals surface area contributed by atoms with E-state index < -0.39 is 11.9 Å². The molecule has 2 amide bonds. The van der Waals surface area contributed by atoms with E-state index in [0.717, 1.165) is 0 Å². The molecule has 0 aliphatic carbocycles. The van der Waals surface area contributed by atoms with E-state index >= 15 is 0 Å². The number of halogens is 1. The molecular formula is C13H11BClN3O3. The molecule has 1 aromatic carbocycles. The van der Waals surface area contributed by atoms with Crippen molar-refractivity contribution in [3.8, 4) is 0 Å². The lowest BCUT2D eigenvalue weighted by molar-refractivity contribution is -0.135. The predicted octanol–water partition coefficient (Wildman–Crippen LogP) is -0.235. The molecule has 0 spiro atoms. The highest BCUT2D eigenvalue weighted by Crippen LogP contribution is 2.23. The molecule has 6 nitrogen and oxygen atoms in total. The van der Waals surface area contributed by atoms with Gasteiger partial charge in [0.2, 0.25) is 11.8 Å². The van der Waals surface area contributed by atoms with Gasteiger partial charge in [-0.15, -0.1) is 0 Å². The number of piperidine rings is 1. The maximum Gasteiger partial charge on any atom is 0.329 e. The maximum absolute atomic E-state index is 12.4. The Labute approximate surface area is 126 Å². The smallest absolute Gasteiger partial charge is 0.296 e. The molecule has 1 aliphatic rings. The third kappa shape index (κ3) is 2.08. The minimum absolute atomic E-state index is 0.190. The molecule has 2 heterocycles. The van der Waals surface area contributed by atoms with Gasteiger partial charge in [0.15, 0.2) is 0 Å². The lowest BCUT2D eigenvalue weighted by atomic mass is 9.94. The fourth-order valence-electron chi connectivity index (χ4n) is 2.74. The van der Waals surface area contributed by atoms with Crippen LogP contribution < -0.4 is 16.5 Å². The summed E-state index contributed by atoms with van der Waals surface area (Å²) in [6, 6.07) is 2.41. The zero-order chi connectivity index (χ0) is 15.3. The summed E-state index contributed by atoms with van der Waals surface area (Å²) < 4.78 is 2.73. The predicted molar refractivity (Wildman–Crippen MR) is 79.0 cm³/mol. The molecule has 1 atom stereocenters. The van der Waals surface area contributed by atoms with Crippen molar-refractivity contribution >= 4 is 47.8 Å². The van der Waals surface area contributed by atoms with Gasteiger partial charge in [-0.2, -0.15) is 0 Å². The van der Waals surface area contributed by atoms with Gasteiger partial charge in [0, 0.05) is 18.5 Å². The number of carbonyl (C=O) groups excluding carboxylic acids is 2. The number of hydrogen-bond donors (Lipinski definition) is 1. The second kappa shape index (κ2) is 4.77. The third-order valence-corrected chi connectivity index (χ3v) is 3.91. The zero-order valence-corrected chi connectivity index (χ0v) is 12.0. The molecule has 2 aromatic rings. The normalized spacial score (nSPS) is 19.0. The minimum Gasteiger partial charge on any atom is -0.296 e. The second-order valence-electron chi connectivity index (χ2n) is 5.04. The van der Waals surface area contributed by atoms with Gasteiger partial charge in [0.05, 0.1) is 11.0 Å². The lowest BCUT2D eigenvalue weighted by Crippen LogP contribution is -2.44. The van der Waals surface area contributed by atoms with Crippen LogP contribution in [0.1, 0.15) is 18.9 Å². The van der Waals surface area contributed by atoms with Crippen molar-refractivity contribution in [2.75, 3.05) is 0 Å². The van der Waals surface area contributed by atoms with Crippen molar-refractivity contribution in [2.45, 2.75) is 18.9 Å². The molecule has 1 saturated heterocycles. The summed E-state index contributed by atoms with van der Waals surface area (Å²) in [6.07, 6.45) is 0.464. The Kier molecular flexibility index (Phi) is 3.17. The summed E-state index contributed by atoms with van der Waals surface area (Å²) >= 11 is 6.00. The molecule has 1 aromatic heterocycles. The van der Waals surface area contributed by atoms with Crippen molar-refractivity contribution in [3.05, 3.63) is 27.6 Å². The van der Waals surface area contributed by atoms with E-state index in [1.807, 2.05) is 0 Å². The number of carbonyl (C=O) groups is 2. The molecule has 1 unspecified atom stereocenters. The largest absolute Gasteiger partial charge is 0.329 e. The van der Waals surface area contributed by atoms with Gasteiger partial charge in [-0.05, 0) is 18.6 Å². The second-order valence-corrected chi connectivity index (χ2v) is 5.48. The third-order valence-electron chi connectivity index (χ3n) is 3.69. The number of aryl methyl sites for hydroxylation is 1. The summed E-state index contributed by atoms with van der Waals surface area (Å²) in [5.74, 6) is -0.818. The van der Waals surface area contributed by atoms with E-state index in [1.54, 1.807) is 19.2 Å². The van der Waals surface area contributed by atoms with Crippen molar-refractivity contribution in [2.24, 2.45) is 7.05 Å². The number of fused-ring (bicyclic) bond motifs is 1. The first kappa shape index (κ1) is 13.9. The fraction of sp³-hybridized carbons (Fsp3) is 0.308. The Morgan fingerprint density at radius 1 is 1.33 bits per heavy atom. The molecule has 1 aliphatic heterocycles. The summed E-state index contributed by atoms with van der Waals surface area (Å²) in [6.45, 7) is 0. The van der Waals surface area contributed by atoms with Gasteiger partial charge in [-0.25, -0.2) is 4.79 Å². The van der Waals surface area contributed by atoms with E-state index in [0.29, 0.717) is 21.5 Å². The summed E-state index contributed by atoms with van der Waals surface area (Å²) in [4.78, 5) is 35.7. The first-order valence-corrected chi connectivity index (χ1v) is 6.77. The monoisotopic (exact) mass is 303 g/mol. The molecule has 106 valence electrons. The van der Waals surface area contributed by atoms with E-state index in [9.17, 15) is 14.4 Å². The molecule has 0 bridgehead atoms. The number of amides is 2. The Morgan fingerprint density at radius 3 is 2.71 bits per heavy atom. The first-order valence-electron chi connectivity index (χ1n) is 6.40. The van der Waals surface area contributed by atoms with Crippen molar-refractivity contribution in [3.63, 3.8) is 0 Å². The van der Waals surface area contributed by atoms with Crippen molar-refractivity contribution < 1.29 is 9.59 Å². The highest BCUT2D eigenvalue weighted by Gasteiger charge is 2.31. The zero-order valence-electron chi connectivity index (χ0n) is 11.2. The molecule has 8 heteroatoms.